The Bertz CT molecular complexity index is 625. The smallest absolute Gasteiger partial charge is 0.122 e. The van der Waals surface area contributed by atoms with E-state index in [0.29, 0.717) is 0 Å². The molecule has 0 N–H and O–H groups in total. The first-order valence-corrected chi connectivity index (χ1v) is 9.49. The fraction of sp³-hybridized carbons (Fsp3) is 0.478. The molecule has 0 atom stereocenters. The first-order chi connectivity index (χ1) is 11.7. The van der Waals surface area contributed by atoms with E-state index in [4.69, 9.17) is 4.74 Å². The van der Waals surface area contributed by atoms with E-state index in [1.807, 2.05) is 0 Å². The van der Waals surface area contributed by atoms with Crippen molar-refractivity contribution in [3.63, 3.8) is 0 Å². The number of hydrogen-bond donors (Lipinski definition) is 0. The van der Waals surface area contributed by atoms with Crippen molar-refractivity contribution in [2.45, 2.75) is 66.2 Å². The number of hydrogen-bond acceptors (Lipinski definition) is 1. The zero-order valence-electron chi connectivity index (χ0n) is 15.8. The van der Waals surface area contributed by atoms with Gasteiger partial charge in [0.05, 0.1) is 6.61 Å². The topological polar surface area (TPSA) is 9.23 Å². The second kappa shape index (κ2) is 9.52. The van der Waals surface area contributed by atoms with Crippen LogP contribution in [0.25, 0.3) is 11.1 Å². The van der Waals surface area contributed by atoms with Crippen molar-refractivity contribution in [2.24, 2.45) is 0 Å². The van der Waals surface area contributed by atoms with Crippen LogP contribution in [-0.2, 0) is 6.42 Å². The second-order valence-electron chi connectivity index (χ2n) is 6.72. The van der Waals surface area contributed by atoms with Crippen molar-refractivity contribution in [2.75, 3.05) is 6.61 Å². The maximum atomic E-state index is 5.92. The third kappa shape index (κ3) is 4.87. The summed E-state index contributed by atoms with van der Waals surface area (Å²) in [5.74, 6) is 1.03. The van der Waals surface area contributed by atoms with E-state index in [-0.39, 0.29) is 0 Å². The molecule has 0 saturated heterocycles. The van der Waals surface area contributed by atoms with Crippen LogP contribution < -0.4 is 4.74 Å². The molecule has 130 valence electrons. The summed E-state index contributed by atoms with van der Waals surface area (Å²) in [6, 6.07) is 13.4. The lowest BCUT2D eigenvalue weighted by molar-refractivity contribution is 0.307. The summed E-state index contributed by atoms with van der Waals surface area (Å²) in [7, 11) is 0. The number of rotatable bonds is 9. The number of aryl methyl sites for hydroxylation is 1. The molecule has 0 bridgehead atoms. The van der Waals surface area contributed by atoms with Gasteiger partial charge < -0.3 is 4.74 Å². The van der Waals surface area contributed by atoms with Gasteiger partial charge >= 0.3 is 0 Å². The van der Waals surface area contributed by atoms with Crippen LogP contribution in [0.4, 0.5) is 0 Å². The zero-order valence-corrected chi connectivity index (χ0v) is 15.8. The first kappa shape index (κ1) is 18.6. The maximum absolute atomic E-state index is 5.92. The van der Waals surface area contributed by atoms with Gasteiger partial charge in [-0.1, -0.05) is 63.4 Å². The number of unbranched alkanes of at least 4 members (excludes halogenated alkanes) is 3. The summed E-state index contributed by atoms with van der Waals surface area (Å²) in [6.07, 6.45) is 7.36. The molecule has 24 heavy (non-hydrogen) atoms. The van der Waals surface area contributed by atoms with Crippen LogP contribution in [-0.4, -0.2) is 6.61 Å². The first-order valence-electron chi connectivity index (χ1n) is 9.49. The molecule has 0 fully saturated rings. The summed E-state index contributed by atoms with van der Waals surface area (Å²) in [5, 5.41) is 0. The van der Waals surface area contributed by atoms with Crippen LogP contribution in [0, 0.1) is 13.8 Å². The molecule has 0 spiro atoms. The molecule has 0 aliphatic heterocycles. The van der Waals surface area contributed by atoms with E-state index in [2.05, 4.69) is 64.1 Å². The highest BCUT2D eigenvalue weighted by atomic mass is 16.5. The Hall–Kier alpha value is -1.76. The standard InChI is InChI=1S/C23H32O/c1-5-7-9-10-20-11-13-21(14-12-20)22-15-16-23(19(4)18(22)3)24-17-8-6-2/h11-16H,5-10,17H2,1-4H3. The van der Waals surface area contributed by atoms with Crippen molar-refractivity contribution >= 4 is 0 Å². The Kier molecular flexibility index (Phi) is 7.36. The van der Waals surface area contributed by atoms with Gasteiger partial charge in [-0.3, -0.25) is 0 Å². The molecule has 2 aromatic carbocycles. The van der Waals surface area contributed by atoms with Gasteiger partial charge in [0.2, 0.25) is 0 Å². The fourth-order valence-corrected chi connectivity index (χ4v) is 3.02. The Morgan fingerprint density at radius 1 is 0.750 bits per heavy atom. The molecule has 1 nitrogen and oxygen atoms in total. The molecular weight excluding hydrogens is 292 g/mol. The Labute approximate surface area is 148 Å². The van der Waals surface area contributed by atoms with Gasteiger partial charge in [-0.2, -0.15) is 0 Å². The highest BCUT2D eigenvalue weighted by molar-refractivity contribution is 5.70. The zero-order chi connectivity index (χ0) is 17.4. The molecule has 0 amide bonds. The average molecular weight is 325 g/mol. The normalized spacial score (nSPS) is 10.8. The van der Waals surface area contributed by atoms with Crippen molar-refractivity contribution in [3.8, 4) is 16.9 Å². The van der Waals surface area contributed by atoms with E-state index in [9.17, 15) is 0 Å². The summed E-state index contributed by atoms with van der Waals surface area (Å²) in [4.78, 5) is 0. The minimum absolute atomic E-state index is 0.808. The Morgan fingerprint density at radius 2 is 1.46 bits per heavy atom. The molecule has 0 saturated carbocycles. The molecular formula is C23H32O. The van der Waals surface area contributed by atoms with Gasteiger partial charge in [-0.05, 0) is 67.0 Å². The molecule has 0 radical (unpaired) electrons. The van der Waals surface area contributed by atoms with Gasteiger partial charge in [-0.15, -0.1) is 0 Å². The van der Waals surface area contributed by atoms with E-state index in [0.717, 1.165) is 18.8 Å². The summed E-state index contributed by atoms with van der Waals surface area (Å²) in [5.41, 5.74) is 6.64. The third-order valence-electron chi connectivity index (χ3n) is 4.83. The molecule has 1 heteroatoms. The van der Waals surface area contributed by atoms with Crippen molar-refractivity contribution in [1.29, 1.82) is 0 Å². The summed E-state index contributed by atoms with van der Waals surface area (Å²) >= 11 is 0. The van der Waals surface area contributed by atoms with E-state index < -0.39 is 0 Å². The van der Waals surface area contributed by atoms with Crippen LogP contribution in [0.3, 0.4) is 0 Å². The van der Waals surface area contributed by atoms with Gasteiger partial charge in [0.1, 0.15) is 5.75 Å². The maximum Gasteiger partial charge on any atom is 0.122 e. The lowest BCUT2D eigenvalue weighted by Gasteiger charge is -2.15. The molecule has 2 aromatic rings. The van der Waals surface area contributed by atoms with Crippen molar-refractivity contribution < 1.29 is 4.74 Å². The monoisotopic (exact) mass is 324 g/mol. The lowest BCUT2D eigenvalue weighted by atomic mass is 9.95. The molecule has 0 aromatic heterocycles. The average Bonchev–Trinajstić information content (AvgIpc) is 2.60. The predicted molar refractivity (Wildman–Crippen MR) is 105 cm³/mol. The second-order valence-corrected chi connectivity index (χ2v) is 6.72. The largest absolute Gasteiger partial charge is 0.493 e. The Morgan fingerprint density at radius 3 is 2.12 bits per heavy atom. The van der Waals surface area contributed by atoms with Crippen LogP contribution in [0.5, 0.6) is 5.75 Å². The highest BCUT2D eigenvalue weighted by Crippen LogP contribution is 2.31. The van der Waals surface area contributed by atoms with E-state index in [1.165, 1.54) is 59.9 Å². The molecule has 0 aliphatic carbocycles. The van der Waals surface area contributed by atoms with Crippen molar-refractivity contribution in [3.05, 3.63) is 53.1 Å². The van der Waals surface area contributed by atoms with Gasteiger partial charge in [0.25, 0.3) is 0 Å². The molecule has 0 unspecified atom stereocenters. The minimum Gasteiger partial charge on any atom is -0.493 e. The molecule has 0 heterocycles. The summed E-state index contributed by atoms with van der Waals surface area (Å²) in [6.45, 7) is 9.62. The molecule has 0 aliphatic rings. The Balaban J connectivity index is 2.12. The number of benzene rings is 2. The summed E-state index contributed by atoms with van der Waals surface area (Å²) < 4.78 is 5.92. The van der Waals surface area contributed by atoms with E-state index in [1.54, 1.807) is 0 Å². The highest BCUT2D eigenvalue weighted by Gasteiger charge is 2.09. The van der Waals surface area contributed by atoms with Crippen LogP contribution in [0.1, 0.15) is 62.6 Å². The van der Waals surface area contributed by atoms with E-state index >= 15 is 0 Å². The number of ether oxygens (including phenoxy) is 1. The van der Waals surface area contributed by atoms with Crippen LogP contribution in [0.15, 0.2) is 36.4 Å². The van der Waals surface area contributed by atoms with Gasteiger partial charge in [0, 0.05) is 0 Å². The molecule has 2 rings (SSSR count). The fourth-order valence-electron chi connectivity index (χ4n) is 3.02. The van der Waals surface area contributed by atoms with Gasteiger partial charge in [-0.25, -0.2) is 0 Å². The lowest BCUT2D eigenvalue weighted by Crippen LogP contribution is -2.00. The van der Waals surface area contributed by atoms with Crippen LogP contribution in [0.2, 0.25) is 0 Å². The predicted octanol–water partition coefficient (Wildman–Crippen LogP) is 6.88. The van der Waals surface area contributed by atoms with Gasteiger partial charge in [0.15, 0.2) is 0 Å². The van der Waals surface area contributed by atoms with Crippen molar-refractivity contribution in [1.82, 2.24) is 0 Å². The van der Waals surface area contributed by atoms with Crippen LogP contribution >= 0.6 is 0 Å². The third-order valence-corrected chi connectivity index (χ3v) is 4.83. The quantitative estimate of drug-likeness (QED) is 0.457. The minimum atomic E-state index is 0.808. The SMILES string of the molecule is CCCCCc1ccc(-c2ccc(OCCCC)c(C)c2C)cc1.